The second-order valence-electron chi connectivity index (χ2n) is 3.96. The molecule has 0 bridgehead atoms. The molecule has 1 unspecified atom stereocenters. The van der Waals surface area contributed by atoms with Gasteiger partial charge >= 0.3 is 0 Å². The highest BCUT2D eigenvalue weighted by Crippen LogP contribution is 2.16. The van der Waals surface area contributed by atoms with Crippen LogP contribution < -0.4 is 0 Å². The van der Waals surface area contributed by atoms with Crippen LogP contribution in [0, 0.1) is 0 Å². The maximum Gasteiger partial charge on any atom is 0.101 e. The summed E-state index contributed by atoms with van der Waals surface area (Å²) in [5.74, 6) is 0. The molecule has 2 aromatic rings. The molecular weight excluding hydrogens is 216 g/mol. The molecule has 0 aromatic carbocycles. The smallest absolute Gasteiger partial charge is 0.101 e. The van der Waals surface area contributed by atoms with Crippen molar-refractivity contribution in [2.24, 2.45) is 0 Å². The molecule has 2 rings (SSSR count). The van der Waals surface area contributed by atoms with Gasteiger partial charge in [-0.25, -0.2) is 4.68 Å². The fourth-order valence-electron chi connectivity index (χ4n) is 1.76. The summed E-state index contributed by atoms with van der Waals surface area (Å²) in [6, 6.07) is 3.81. The van der Waals surface area contributed by atoms with Gasteiger partial charge in [-0.1, -0.05) is 18.2 Å². The van der Waals surface area contributed by atoms with Gasteiger partial charge < -0.3 is 5.11 Å². The number of pyridine rings is 1. The minimum Gasteiger partial charge on any atom is -0.386 e. The van der Waals surface area contributed by atoms with Gasteiger partial charge in [0.05, 0.1) is 11.9 Å². The lowest BCUT2D eigenvalue weighted by Gasteiger charge is -2.11. The maximum absolute atomic E-state index is 10.1. The number of aromatic nitrogens is 4. The zero-order valence-electron chi connectivity index (χ0n) is 9.82. The second-order valence-corrected chi connectivity index (χ2v) is 3.96. The first-order valence-corrected chi connectivity index (χ1v) is 5.76. The molecule has 2 aromatic heterocycles. The van der Waals surface area contributed by atoms with E-state index in [0.29, 0.717) is 6.42 Å². The van der Waals surface area contributed by atoms with Crippen LogP contribution >= 0.6 is 0 Å². The predicted octanol–water partition coefficient (Wildman–Crippen LogP) is 1.36. The first kappa shape index (κ1) is 11.7. The van der Waals surface area contributed by atoms with Crippen molar-refractivity contribution in [3.8, 4) is 0 Å². The Morgan fingerprint density at radius 2 is 2.29 bits per heavy atom. The third kappa shape index (κ3) is 2.88. The topological polar surface area (TPSA) is 63.8 Å². The molecule has 0 fully saturated rings. The van der Waals surface area contributed by atoms with Gasteiger partial charge in [0.2, 0.25) is 0 Å². The van der Waals surface area contributed by atoms with Crippen molar-refractivity contribution < 1.29 is 5.11 Å². The maximum atomic E-state index is 10.1. The fraction of sp³-hybridized carbons (Fsp3) is 0.417. The van der Waals surface area contributed by atoms with Crippen LogP contribution in [0.3, 0.4) is 0 Å². The van der Waals surface area contributed by atoms with E-state index in [1.54, 1.807) is 23.3 Å². The number of aryl methyl sites for hydroxylation is 1. The van der Waals surface area contributed by atoms with Crippen LogP contribution in [-0.2, 0) is 13.0 Å². The Morgan fingerprint density at radius 3 is 3.00 bits per heavy atom. The zero-order valence-corrected chi connectivity index (χ0v) is 9.82. The van der Waals surface area contributed by atoms with Crippen LogP contribution in [0.25, 0.3) is 0 Å². The molecule has 0 saturated carbocycles. The predicted molar refractivity (Wildman–Crippen MR) is 63.2 cm³/mol. The van der Waals surface area contributed by atoms with E-state index >= 15 is 0 Å². The molecule has 0 aliphatic heterocycles. The number of aliphatic hydroxyl groups excluding tert-OH is 1. The Bertz CT molecular complexity index is 455. The average Bonchev–Trinajstić information content (AvgIpc) is 2.79. The molecule has 0 amide bonds. The Balaban J connectivity index is 2.09. The quantitative estimate of drug-likeness (QED) is 0.845. The van der Waals surface area contributed by atoms with E-state index in [2.05, 4.69) is 22.2 Å². The van der Waals surface area contributed by atoms with E-state index in [4.69, 9.17) is 0 Å². The molecule has 5 nitrogen and oxygen atoms in total. The Morgan fingerprint density at radius 1 is 1.41 bits per heavy atom. The van der Waals surface area contributed by atoms with Gasteiger partial charge in [-0.3, -0.25) is 4.98 Å². The van der Waals surface area contributed by atoms with Gasteiger partial charge in [0.15, 0.2) is 0 Å². The Hall–Kier alpha value is -1.75. The second kappa shape index (κ2) is 5.54. The van der Waals surface area contributed by atoms with Crippen molar-refractivity contribution in [3.05, 3.63) is 42.0 Å². The standard InChI is InChI=1S/C12H16N4O/c1-2-6-16-11(9-14-15-16)12(17)7-10-4-3-5-13-8-10/h3-5,8-9,12,17H,2,6-7H2,1H3. The summed E-state index contributed by atoms with van der Waals surface area (Å²) in [6.07, 6.45) is 6.02. The molecule has 0 aliphatic rings. The molecule has 1 atom stereocenters. The molecular formula is C12H16N4O. The average molecular weight is 232 g/mol. The molecule has 0 radical (unpaired) electrons. The van der Waals surface area contributed by atoms with E-state index in [0.717, 1.165) is 24.2 Å². The van der Waals surface area contributed by atoms with Crippen molar-refractivity contribution in [1.82, 2.24) is 20.0 Å². The molecule has 0 spiro atoms. The van der Waals surface area contributed by atoms with Crippen molar-refractivity contribution in [2.45, 2.75) is 32.4 Å². The summed E-state index contributed by atoms with van der Waals surface area (Å²) in [5.41, 5.74) is 1.76. The third-order valence-corrected chi connectivity index (χ3v) is 2.58. The van der Waals surface area contributed by atoms with E-state index in [9.17, 15) is 5.11 Å². The molecule has 2 heterocycles. The van der Waals surface area contributed by atoms with Crippen molar-refractivity contribution >= 4 is 0 Å². The minimum atomic E-state index is -0.583. The van der Waals surface area contributed by atoms with Gasteiger partial charge in [0, 0.05) is 25.4 Å². The first-order valence-electron chi connectivity index (χ1n) is 5.76. The highest BCUT2D eigenvalue weighted by atomic mass is 16.3. The summed E-state index contributed by atoms with van der Waals surface area (Å²) in [7, 11) is 0. The Labute approximate surface area is 100 Å². The fourth-order valence-corrected chi connectivity index (χ4v) is 1.76. The van der Waals surface area contributed by atoms with E-state index < -0.39 is 6.10 Å². The normalized spacial score (nSPS) is 12.6. The van der Waals surface area contributed by atoms with Crippen LogP contribution in [0.5, 0.6) is 0 Å². The molecule has 5 heteroatoms. The summed E-state index contributed by atoms with van der Waals surface area (Å²) in [4.78, 5) is 4.03. The largest absolute Gasteiger partial charge is 0.386 e. The lowest BCUT2D eigenvalue weighted by molar-refractivity contribution is 0.166. The number of hydrogen-bond acceptors (Lipinski definition) is 4. The monoisotopic (exact) mass is 232 g/mol. The van der Waals surface area contributed by atoms with Crippen LogP contribution in [0.4, 0.5) is 0 Å². The summed E-state index contributed by atoms with van der Waals surface area (Å²) < 4.78 is 1.75. The lowest BCUT2D eigenvalue weighted by atomic mass is 10.1. The van der Waals surface area contributed by atoms with E-state index in [1.807, 2.05) is 12.1 Å². The molecule has 90 valence electrons. The first-order chi connectivity index (χ1) is 8.31. The van der Waals surface area contributed by atoms with Crippen LogP contribution in [0.2, 0.25) is 0 Å². The minimum absolute atomic E-state index is 0.533. The van der Waals surface area contributed by atoms with Gasteiger partial charge in [-0.15, -0.1) is 5.10 Å². The lowest BCUT2D eigenvalue weighted by Crippen LogP contribution is -2.11. The van der Waals surface area contributed by atoms with Crippen molar-refractivity contribution in [1.29, 1.82) is 0 Å². The SMILES string of the molecule is CCCn1nncc1C(O)Cc1cccnc1. The summed E-state index contributed by atoms with van der Waals surface area (Å²) in [6.45, 7) is 2.85. The van der Waals surface area contributed by atoms with Crippen molar-refractivity contribution in [3.63, 3.8) is 0 Å². The van der Waals surface area contributed by atoms with E-state index in [1.165, 1.54) is 0 Å². The number of aliphatic hydroxyl groups is 1. The van der Waals surface area contributed by atoms with Crippen molar-refractivity contribution in [2.75, 3.05) is 0 Å². The summed E-state index contributed by atoms with van der Waals surface area (Å²) in [5, 5.41) is 17.9. The molecule has 0 saturated heterocycles. The third-order valence-electron chi connectivity index (χ3n) is 2.58. The van der Waals surface area contributed by atoms with Gasteiger partial charge in [-0.05, 0) is 18.1 Å². The Kier molecular flexibility index (Phi) is 3.82. The highest BCUT2D eigenvalue weighted by molar-refractivity contribution is 5.12. The number of rotatable bonds is 5. The van der Waals surface area contributed by atoms with Crippen LogP contribution in [0.1, 0.15) is 30.7 Å². The van der Waals surface area contributed by atoms with Gasteiger partial charge in [0.1, 0.15) is 6.10 Å². The van der Waals surface area contributed by atoms with Gasteiger partial charge in [-0.2, -0.15) is 0 Å². The van der Waals surface area contributed by atoms with Gasteiger partial charge in [0.25, 0.3) is 0 Å². The molecule has 17 heavy (non-hydrogen) atoms. The zero-order chi connectivity index (χ0) is 12.1. The number of nitrogens with zero attached hydrogens (tertiary/aromatic N) is 4. The highest BCUT2D eigenvalue weighted by Gasteiger charge is 2.14. The summed E-state index contributed by atoms with van der Waals surface area (Å²) >= 11 is 0. The number of hydrogen-bond donors (Lipinski definition) is 1. The van der Waals surface area contributed by atoms with E-state index in [-0.39, 0.29) is 0 Å². The van der Waals surface area contributed by atoms with Crippen LogP contribution in [0.15, 0.2) is 30.7 Å². The molecule has 0 aliphatic carbocycles. The molecule has 1 N–H and O–H groups in total. The van der Waals surface area contributed by atoms with Crippen LogP contribution in [-0.4, -0.2) is 25.1 Å².